The minimum absolute atomic E-state index is 0.0518. The fraction of sp³-hybridized carbons (Fsp3) is 0.417. The van der Waals surface area contributed by atoms with Gasteiger partial charge < -0.3 is 10.2 Å². The Hall–Kier alpha value is -1.91. The molecule has 0 spiro atoms. The van der Waals surface area contributed by atoms with Crippen LogP contribution < -0.4 is 5.32 Å². The van der Waals surface area contributed by atoms with Crippen molar-refractivity contribution in [1.29, 1.82) is 0 Å². The Morgan fingerprint density at radius 1 is 1.35 bits per heavy atom. The summed E-state index contributed by atoms with van der Waals surface area (Å²) in [4.78, 5) is 28.6. The van der Waals surface area contributed by atoms with Gasteiger partial charge in [-0.1, -0.05) is 0 Å². The fourth-order valence-corrected chi connectivity index (χ4v) is 1.51. The number of aromatic nitrogens is 1. The highest BCUT2D eigenvalue weighted by atomic mass is 16.2. The van der Waals surface area contributed by atoms with Gasteiger partial charge in [0.2, 0.25) is 5.91 Å². The third kappa shape index (κ3) is 3.55. The van der Waals surface area contributed by atoms with Crippen LogP contribution in [0.15, 0.2) is 18.3 Å². The minimum Gasteiger partial charge on any atom is -0.339 e. The van der Waals surface area contributed by atoms with Gasteiger partial charge in [-0.25, -0.2) is 4.98 Å². The van der Waals surface area contributed by atoms with Crippen molar-refractivity contribution in [1.82, 2.24) is 9.88 Å². The zero-order valence-corrected chi connectivity index (χ0v) is 10.4. The minimum atomic E-state index is -0.204. The van der Waals surface area contributed by atoms with E-state index >= 15 is 0 Å². The van der Waals surface area contributed by atoms with Crippen molar-refractivity contribution < 1.29 is 9.59 Å². The maximum absolute atomic E-state index is 12.0. The van der Waals surface area contributed by atoms with Crippen LogP contribution in [0.3, 0.4) is 0 Å². The Morgan fingerprint density at radius 2 is 2.00 bits per heavy atom. The van der Waals surface area contributed by atoms with Crippen LogP contribution in [0, 0.1) is 0 Å². The third-order valence-corrected chi connectivity index (χ3v) is 2.36. The van der Waals surface area contributed by atoms with Gasteiger partial charge in [-0.3, -0.25) is 9.59 Å². The molecule has 1 aromatic rings. The van der Waals surface area contributed by atoms with Gasteiger partial charge in [-0.15, -0.1) is 0 Å². The van der Waals surface area contributed by atoms with E-state index in [2.05, 4.69) is 10.3 Å². The van der Waals surface area contributed by atoms with Crippen molar-refractivity contribution in [3.05, 3.63) is 23.9 Å². The summed E-state index contributed by atoms with van der Waals surface area (Å²) in [5.41, 5.74) is 0.535. The molecule has 1 aromatic heterocycles. The van der Waals surface area contributed by atoms with Gasteiger partial charge in [0.1, 0.15) is 5.82 Å². The first-order chi connectivity index (χ1) is 8.08. The van der Waals surface area contributed by atoms with Crippen molar-refractivity contribution in [2.24, 2.45) is 0 Å². The average molecular weight is 235 g/mol. The number of pyridine rings is 1. The van der Waals surface area contributed by atoms with E-state index in [4.69, 9.17) is 0 Å². The molecule has 0 aliphatic carbocycles. The van der Waals surface area contributed by atoms with Gasteiger partial charge in [-0.2, -0.15) is 0 Å². The highest BCUT2D eigenvalue weighted by molar-refractivity contribution is 5.96. The van der Waals surface area contributed by atoms with E-state index in [0.717, 1.165) is 0 Å². The first kappa shape index (κ1) is 13.2. The molecule has 0 aliphatic heterocycles. The normalized spacial score (nSPS) is 9.82. The monoisotopic (exact) mass is 235 g/mol. The quantitative estimate of drug-likeness (QED) is 0.860. The number of anilines is 1. The van der Waals surface area contributed by atoms with Crippen LogP contribution in [0.2, 0.25) is 0 Å². The molecule has 0 unspecified atom stereocenters. The van der Waals surface area contributed by atoms with Gasteiger partial charge in [0.05, 0.1) is 0 Å². The Morgan fingerprint density at radius 3 is 2.53 bits per heavy atom. The Bertz CT molecular complexity index is 414. The van der Waals surface area contributed by atoms with E-state index in [1.165, 1.54) is 13.1 Å². The van der Waals surface area contributed by atoms with Gasteiger partial charge in [-0.05, 0) is 26.0 Å². The topological polar surface area (TPSA) is 62.3 Å². The van der Waals surface area contributed by atoms with E-state index in [-0.39, 0.29) is 11.8 Å². The molecule has 5 nitrogen and oxygen atoms in total. The Labute approximate surface area is 101 Å². The lowest BCUT2D eigenvalue weighted by molar-refractivity contribution is -0.114. The molecule has 92 valence electrons. The number of carbonyl (C=O) groups is 2. The number of rotatable bonds is 4. The molecule has 2 amide bonds. The number of nitrogens with zero attached hydrogens (tertiary/aromatic N) is 2. The van der Waals surface area contributed by atoms with Gasteiger partial charge >= 0.3 is 0 Å². The molecule has 0 aliphatic rings. The van der Waals surface area contributed by atoms with Crippen molar-refractivity contribution >= 4 is 17.6 Å². The standard InChI is InChI=1S/C12H17N3O2/c1-4-15(5-2)12(17)10-6-7-13-11(8-10)14-9(3)16/h6-8H,4-5H2,1-3H3,(H,13,14,16). The highest BCUT2D eigenvalue weighted by Gasteiger charge is 2.13. The van der Waals surface area contributed by atoms with Crippen molar-refractivity contribution in [2.45, 2.75) is 20.8 Å². The molecule has 17 heavy (non-hydrogen) atoms. The summed E-state index contributed by atoms with van der Waals surface area (Å²) in [6, 6.07) is 3.23. The number of amides is 2. The SMILES string of the molecule is CCN(CC)C(=O)c1ccnc(NC(C)=O)c1. The maximum atomic E-state index is 12.0. The number of hydrogen-bond donors (Lipinski definition) is 1. The molecule has 0 bridgehead atoms. The summed E-state index contributed by atoms with van der Waals surface area (Å²) in [6.45, 7) is 6.58. The molecular weight excluding hydrogens is 218 g/mol. The molecule has 0 saturated heterocycles. The zero-order valence-electron chi connectivity index (χ0n) is 10.4. The van der Waals surface area contributed by atoms with Crippen LogP contribution in [0.5, 0.6) is 0 Å². The molecule has 0 radical (unpaired) electrons. The van der Waals surface area contributed by atoms with Crippen LogP contribution in [-0.4, -0.2) is 34.8 Å². The third-order valence-electron chi connectivity index (χ3n) is 2.36. The lowest BCUT2D eigenvalue weighted by Crippen LogP contribution is -2.30. The molecule has 0 saturated carbocycles. The zero-order chi connectivity index (χ0) is 12.8. The van der Waals surface area contributed by atoms with Gasteiger partial charge in [0.15, 0.2) is 0 Å². The first-order valence-electron chi connectivity index (χ1n) is 5.61. The number of hydrogen-bond acceptors (Lipinski definition) is 3. The summed E-state index contributed by atoms with van der Waals surface area (Å²) in [5, 5.41) is 2.55. The van der Waals surface area contributed by atoms with Crippen molar-refractivity contribution in [3.63, 3.8) is 0 Å². The Balaban J connectivity index is 2.90. The summed E-state index contributed by atoms with van der Waals surface area (Å²) in [5.74, 6) is 0.143. The second-order valence-electron chi connectivity index (χ2n) is 3.59. The second kappa shape index (κ2) is 5.98. The lowest BCUT2D eigenvalue weighted by atomic mass is 10.2. The molecular formula is C12H17N3O2. The van der Waals surface area contributed by atoms with E-state index in [9.17, 15) is 9.59 Å². The van der Waals surface area contributed by atoms with Crippen molar-refractivity contribution in [3.8, 4) is 0 Å². The summed E-state index contributed by atoms with van der Waals surface area (Å²) >= 11 is 0. The van der Waals surface area contributed by atoms with Crippen LogP contribution in [0.1, 0.15) is 31.1 Å². The fourth-order valence-electron chi connectivity index (χ4n) is 1.51. The lowest BCUT2D eigenvalue weighted by Gasteiger charge is -2.18. The summed E-state index contributed by atoms with van der Waals surface area (Å²) in [6.07, 6.45) is 1.52. The maximum Gasteiger partial charge on any atom is 0.254 e. The molecule has 0 atom stereocenters. The molecule has 0 aromatic carbocycles. The van der Waals surface area contributed by atoms with E-state index in [0.29, 0.717) is 24.5 Å². The predicted molar refractivity (Wildman–Crippen MR) is 65.8 cm³/mol. The van der Waals surface area contributed by atoms with E-state index in [1.54, 1.807) is 17.0 Å². The van der Waals surface area contributed by atoms with Gasteiger partial charge in [0, 0.05) is 31.8 Å². The molecule has 1 rings (SSSR count). The summed E-state index contributed by atoms with van der Waals surface area (Å²) < 4.78 is 0. The van der Waals surface area contributed by atoms with Crippen LogP contribution in [-0.2, 0) is 4.79 Å². The molecule has 5 heteroatoms. The van der Waals surface area contributed by atoms with Crippen molar-refractivity contribution in [2.75, 3.05) is 18.4 Å². The predicted octanol–water partition coefficient (Wildman–Crippen LogP) is 1.52. The molecule has 0 fully saturated rings. The largest absolute Gasteiger partial charge is 0.339 e. The molecule has 1 N–H and O–H groups in total. The smallest absolute Gasteiger partial charge is 0.254 e. The van der Waals surface area contributed by atoms with E-state index < -0.39 is 0 Å². The van der Waals surface area contributed by atoms with Crippen LogP contribution in [0.25, 0.3) is 0 Å². The molecule has 1 heterocycles. The second-order valence-corrected chi connectivity index (χ2v) is 3.59. The number of carbonyl (C=O) groups excluding carboxylic acids is 2. The Kier molecular flexibility index (Phi) is 4.63. The van der Waals surface area contributed by atoms with Crippen LogP contribution >= 0.6 is 0 Å². The highest BCUT2D eigenvalue weighted by Crippen LogP contribution is 2.09. The average Bonchev–Trinajstić information content (AvgIpc) is 2.30. The number of nitrogens with one attached hydrogen (secondary N) is 1. The van der Waals surface area contributed by atoms with Crippen LogP contribution in [0.4, 0.5) is 5.82 Å². The van der Waals surface area contributed by atoms with Gasteiger partial charge in [0.25, 0.3) is 5.91 Å². The van der Waals surface area contributed by atoms with E-state index in [1.807, 2.05) is 13.8 Å². The first-order valence-corrected chi connectivity index (χ1v) is 5.61. The summed E-state index contributed by atoms with van der Waals surface area (Å²) in [7, 11) is 0.